The van der Waals surface area contributed by atoms with Crippen LogP contribution in [0.25, 0.3) is 0 Å². The monoisotopic (exact) mass is 686 g/mol. The lowest BCUT2D eigenvalue weighted by atomic mass is 9.53. The van der Waals surface area contributed by atoms with E-state index in [0.717, 1.165) is 4.57 Å². The van der Waals surface area contributed by atoms with Crippen molar-refractivity contribution < 1.29 is 27.9 Å². The highest BCUT2D eigenvalue weighted by Gasteiger charge is 2.69. The zero-order valence-corrected chi connectivity index (χ0v) is 25.7. The molecule has 242 valence electrons. The van der Waals surface area contributed by atoms with E-state index in [1.54, 1.807) is 42.5 Å². The van der Waals surface area contributed by atoms with Crippen LogP contribution in [0.4, 0.5) is 19.0 Å². The second kappa shape index (κ2) is 10.6. The number of amides is 2. The summed E-state index contributed by atoms with van der Waals surface area (Å²) in [5.74, 6) is -4.20. The predicted molar refractivity (Wildman–Crippen MR) is 163 cm³/mol. The number of allylic oxidation sites excluding steroid dienone is 2. The normalized spacial score (nSPS) is 23.7. The van der Waals surface area contributed by atoms with Gasteiger partial charge in [0.15, 0.2) is 5.82 Å². The molecule has 2 fully saturated rings. The van der Waals surface area contributed by atoms with Crippen LogP contribution in [0.3, 0.4) is 0 Å². The molecule has 0 radical (unpaired) electrons. The number of nitrogens with one attached hydrogen (secondary N) is 1. The largest absolute Gasteiger partial charge is 0.508 e. The van der Waals surface area contributed by atoms with Gasteiger partial charge < -0.3 is 5.11 Å². The van der Waals surface area contributed by atoms with Gasteiger partial charge in [0.05, 0.1) is 34.5 Å². The number of pyridine rings is 1. The number of benzene rings is 2. The van der Waals surface area contributed by atoms with E-state index in [1.165, 1.54) is 28.5 Å². The molecule has 4 atom stereocenters. The van der Waals surface area contributed by atoms with Crippen LogP contribution in [-0.2, 0) is 34.8 Å². The summed E-state index contributed by atoms with van der Waals surface area (Å²) in [5.41, 5.74) is -0.0821. The molecule has 7 rings (SSSR count). The van der Waals surface area contributed by atoms with Crippen molar-refractivity contribution in [3.8, 4) is 5.75 Å². The van der Waals surface area contributed by atoms with Gasteiger partial charge in [-0.25, -0.2) is 28.5 Å². The molecular formula is C31H23Cl2F3N6O5. The number of aromatic hydroxyl groups is 1. The van der Waals surface area contributed by atoms with Crippen molar-refractivity contribution >= 4 is 40.8 Å². The smallest absolute Gasteiger partial charge is 0.417 e. The van der Waals surface area contributed by atoms with Crippen molar-refractivity contribution in [2.75, 3.05) is 5.43 Å². The van der Waals surface area contributed by atoms with Gasteiger partial charge in [0.2, 0.25) is 0 Å². The van der Waals surface area contributed by atoms with Crippen LogP contribution in [-0.4, -0.2) is 40.8 Å². The number of alkyl halides is 3. The number of carbonyl (C=O) groups excluding carboxylic acids is 2. The average Bonchev–Trinajstić information content (AvgIpc) is 3.38. The third kappa shape index (κ3) is 4.45. The molecule has 47 heavy (non-hydrogen) atoms. The first-order valence-corrected chi connectivity index (χ1v) is 15.0. The van der Waals surface area contributed by atoms with E-state index < -0.39 is 63.2 Å². The first-order chi connectivity index (χ1) is 22.2. The highest BCUT2D eigenvalue weighted by molar-refractivity contribution is 6.33. The third-order valence-electron chi connectivity index (χ3n) is 9.22. The topological polar surface area (TPSA) is 131 Å². The van der Waals surface area contributed by atoms with Crippen LogP contribution in [0.15, 0.2) is 82.0 Å². The van der Waals surface area contributed by atoms with Crippen LogP contribution in [0, 0.1) is 5.92 Å². The Kier molecular flexibility index (Phi) is 6.95. The highest BCUT2D eigenvalue weighted by Crippen LogP contribution is 2.62. The molecule has 4 aromatic rings. The van der Waals surface area contributed by atoms with E-state index in [9.17, 15) is 37.5 Å². The quantitative estimate of drug-likeness (QED) is 0.240. The van der Waals surface area contributed by atoms with Gasteiger partial charge >= 0.3 is 17.6 Å². The molecule has 2 amide bonds. The number of hydrogen-bond acceptors (Lipinski definition) is 7. The molecule has 1 aliphatic carbocycles. The molecule has 0 spiro atoms. The van der Waals surface area contributed by atoms with Crippen LogP contribution in [0.2, 0.25) is 10.0 Å². The zero-order chi connectivity index (χ0) is 33.6. The van der Waals surface area contributed by atoms with Gasteiger partial charge in [-0.15, -0.1) is 0 Å². The number of carbonyl (C=O) groups is 2. The van der Waals surface area contributed by atoms with E-state index >= 15 is 0 Å². The lowest BCUT2D eigenvalue weighted by Crippen LogP contribution is -2.53. The van der Waals surface area contributed by atoms with Gasteiger partial charge in [-0.3, -0.25) is 15.0 Å². The number of nitrogens with zero attached hydrogens (tertiary/aromatic N) is 5. The number of halogens is 5. The summed E-state index contributed by atoms with van der Waals surface area (Å²) in [4.78, 5) is 59.5. The van der Waals surface area contributed by atoms with Crippen molar-refractivity contribution in [3.63, 3.8) is 0 Å². The Bertz CT molecular complexity index is 2140. The first kappa shape index (κ1) is 30.8. The number of hydrogen-bond donors (Lipinski definition) is 2. The minimum Gasteiger partial charge on any atom is -0.508 e. The number of fused-ring (bicyclic) bond motifs is 4. The number of imide groups is 1. The fourth-order valence-corrected chi connectivity index (χ4v) is 7.57. The van der Waals surface area contributed by atoms with Crippen molar-refractivity contribution in [1.29, 1.82) is 0 Å². The Morgan fingerprint density at radius 1 is 1.02 bits per heavy atom. The van der Waals surface area contributed by atoms with E-state index in [2.05, 4.69) is 10.4 Å². The standard InChI is InChI=1S/C31H23Cl2F3N6O5/c1-39-28(46)40-10-9-20-23(42(40)29(39)47)13-21-26(44)41(38-25-22(33)12-17(14-37-25)31(34,35)36)27(45)30(21,16-5-7-18(32)8-6-16)24(20)15-3-2-4-19(43)11-15/h2-9,11-12,14,21,23-24,43H,10,13H2,1H3,(H,37,38)/t21-,23+,24-,30+/m0/s1. The zero-order valence-electron chi connectivity index (χ0n) is 24.2. The van der Waals surface area contributed by atoms with Crippen molar-refractivity contribution in [2.45, 2.75) is 36.5 Å². The second-order valence-electron chi connectivity index (χ2n) is 11.6. The molecule has 2 aromatic heterocycles. The summed E-state index contributed by atoms with van der Waals surface area (Å²) in [6, 6.07) is 12.3. The van der Waals surface area contributed by atoms with Crippen LogP contribution in [0.5, 0.6) is 5.75 Å². The lowest BCUT2D eigenvalue weighted by molar-refractivity contribution is -0.139. The molecule has 0 bridgehead atoms. The number of phenols is 1. The number of phenolic OH excluding ortho intramolecular Hbond substituents is 1. The molecule has 2 aliphatic heterocycles. The molecule has 4 heterocycles. The summed E-state index contributed by atoms with van der Waals surface area (Å²) in [7, 11) is 1.34. The van der Waals surface area contributed by atoms with Crippen molar-refractivity contribution in [1.82, 2.24) is 23.9 Å². The predicted octanol–water partition coefficient (Wildman–Crippen LogP) is 4.39. The Hall–Kier alpha value is -4.82. The van der Waals surface area contributed by atoms with Crippen molar-refractivity contribution in [3.05, 3.63) is 120 Å². The maximum atomic E-state index is 15.0. The fourth-order valence-electron chi connectivity index (χ4n) is 7.23. The summed E-state index contributed by atoms with van der Waals surface area (Å²) < 4.78 is 43.4. The Labute approximate surface area is 273 Å². The van der Waals surface area contributed by atoms with Crippen LogP contribution in [0.1, 0.15) is 35.1 Å². The molecule has 1 saturated carbocycles. The van der Waals surface area contributed by atoms with Gasteiger partial charge in [0.1, 0.15) is 5.75 Å². The minimum absolute atomic E-state index is 0.00733. The fraction of sp³-hybridized carbons (Fsp3) is 0.258. The van der Waals surface area contributed by atoms with Crippen LogP contribution < -0.4 is 16.8 Å². The van der Waals surface area contributed by atoms with E-state index in [0.29, 0.717) is 39.0 Å². The van der Waals surface area contributed by atoms with E-state index in [1.807, 2.05) is 0 Å². The van der Waals surface area contributed by atoms with Gasteiger partial charge in [-0.05, 0) is 53.5 Å². The molecular weight excluding hydrogens is 664 g/mol. The summed E-state index contributed by atoms with van der Waals surface area (Å²) in [6.07, 6.45) is -2.57. The van der Waals surface area contributed by atoms with E-state index in [-0.39, 0.29) is 24.5 Å². The summed E-state index contributed by atoms with van der Waals surface area (Å²) in [6.45, 7) is -0.00733. The maximum Gasteiger partial charge on any atom is 0.417 e. The number of rotatable bonds is 4. The number of aromatic nitrogens is 4. The van der Waals surface area contributed by atoms with Crippen molar-refractivity contribution in [2.24, 2.45) is 13.0 Å². The van der Waals surface area contributed by atoms with Gasteiger partial charge in [0, 0.05) is 24.2 Å². The molecule has 3 aliphatic rings. The summed E-state index contributed by atoms with van der Waals surface area (Å²) in [5, 5.41) is 11.1. The molecule has 11 nitrogen and oxygen atoms in total. The third-order valence-corrected chi connectivity index (χ3v) is 9.76. The van der Waals surface area contributed by atoms with Gasteiger partial charge in [-0.1, -0.05) is 53.5 Å². The van der Waals surface area contributed by atoms with Gasteiger partial charge in [-0.2, -0.15) is 18.2 Å². The Morgan fingerprint density at radius 3 is 2.40 bits per heavy atom. The molecule has 16 heteroatoms. The summed E-state index contributed by atoms with van der Waals surface area (Å²) >= 11 is 12.4. The number of hydrazine groups is 1. The second-order valence-corrected chi connectivity index (χ2v) is 12.4. The van der Waals surface area contributed by atoms with Crippen LogP contribution >= 0.6 is 23.2 Å². The van der Waals surface area contributed by atoms with Gasteiger partial charge in [0.25, 0.3) is 11.8 Å². The number of anilines is 1. The average molecular weight is 687 g/mol. The highest BCUT2D eigenvalue weighted by atomic mass is 35.5. The Morgan fingerprint density at radius 2 is 1.74 bits per heavy atom. The SMILES string of the molecule is Cn1c(=O)n2n(c1=O)[C@@H]1C[C@H]3C(=O)N(Nc4ncc(C(F)(F)F)cc4Cl)C(=O)[C@@]3(c3ccc(Cl)cc3)[C@@H](c3cccc(O)c3)C1=CC2. The molecule has 1 saturated heterocycles. The molecule has 0 unspecified atom stereocenters. The molecule has 2 N–H and O–H groups in total. The molecule has 2 aromatic carbocycles. The maximum absolute atomic E-state index is 15.0. The first-order valence-electron chi connectivity index (χ1n) is 14.3. The minimum atomic E-state index is -4.74. The Balaban J connectivity index is 1.46. The lowest BCUT2D eigenvalue weighted by Gasteiger charge is -2.49. The van der Waals surface area contributed by atoms with E-state index in [4.69, 9.17) is 23.2 Å².